The Morgan fingerprint density at radius 1 is 1.47 bits per heavy atom. The zero-order chi connectivity index (χ0) is 12.8. The molecule has 0 unspecified atom stereocenters. The Morgan fingerprint density at radius 2 is 2.18 bits per heavy atom. The lowest BCUT2D eigenvalue weighted by atomic mass is 10.1. The number of ether oxygens (including phenoxy) is 1. The minimum absolute atomic E-state index is 0.0696. The van der Waals surface area contributed by atoms with E-state index in [1.807, 2.05) is 13.8 Å². The first-order valence-corrected chi connectivity index (χ1v) is 5.66. The van der Waals surface area contributed by atoms with Crippen LogP contribution in [-0.2, 0) is 4.74 Å². The molecule has 1 N–H and O–H groups in total. The zero-order valence-corrected chi connectivity index (χ0v) is 10.4. The predicted molar refractivity (Wildman–Crippen MR) is 64.6 cm³/mol. The zero-order valence-electron chi connectivity index (χ0n) is 10.4. The summed E-state index contributed by atoms with van der Waals surface area (Å²) in [5.74, 6) is -0.901. The monoisotopic (exact) mass is 239 g/mol. The Labute approximate surface area is 101 Å². The fraction of sp³-hybridized carbons (Fsp3) is 0.462. The predicted octanol–water partition coefficient (Wildman–Crippen LogP) is 2.29. The summed E-state index contributed by atoms with van der Waals surface area (Å²) in [5, 5.41) is 2.61. The van der Waals surface area contributed by atoms with Gasteiger partial charge in [-0.25, -0.2) is 4.39 Å². The van der Waals surface area contributed by atoms with Crippen molar-refractivity contribution in [2.75, 3.05) is 13.2 Å². The van der Waals surface area contributed by atoms with Crippen LogP contribution in [0.25, 0.3) is 0 Å². The lowest BCUT2D eigenvalue weighted by Gasteiger charge is -2.09. The summed E-state index contributed by atoms with van der Waals surface area (Å²) >= 11 is 0. The number of benzene rings is 1. The summed E-state index contributed by atoms with van der Waals surface area (Å²) in [6.45, 7) is 6.42. The van der Waals surface area contributed by atoms with Crippen LogP contribution < -0.4 is 5.32 Å². The minimum atomic E-state index is -0.493. The lowest BCUT2D eigenvalue weighted by Crippen LogP contribution is -2.28. The summed E-state index contributed by atoms with van der Waals surface area (Å²) in [6, 6.07) is 4.55. The molecule has 17 heavy (non-hydrogen) atoms. The first-order chi connectivity index (χ1) is 8.00. The largest absolute Gasteiger partial charge is 0.377 e. The first kappa shape index (κ1) is 13.6. The number of hydrogen-bond acceptors (Lipinski definition) is 2. The van der Waals surface area contributed by atoms with E-state index >= 15 is 0 Å². The van der Waals surface area contributed by atoms with Crippen molar-refractivity contribution >= 4 is 5.91 Å². The van der Waals surface area contributed by atoms with Crippen molar-refractivity contribution in [2.45, 2.75) is 26.9 Å². The van der Waals surface area contributed by atoms with Crippen molar-refractivity contribution in [3.05, 3.63) is 35.1 Å². The van der Waals surface area contributed by atoms with Crippen LogP contribution in [0, 0.1) is 12.7 Å². The highest BCUT2D eigenvalue weighted by molar-refractivity contribution is 5.94. The van der Waals surface area contributed by atoms with Crippen LogP contribution in [0.3, 0.4) is 0 Å². The molecule has 0 aliphatic heterocycles. The van der Waals surface area contributed by atoms with Gasteiger partial charge in [0, 0.05) is 6.54 Å². The molecule has 3 nitrogen and oxygen atoms in total. The van der Waals surface area contributed by atoms with E-state index in [-0.39, 0.29) is 11.7 Å². The van der Waals surface area contributed by atoms with E-state index in [1.165, 1.54) is 12.1 Å². The number of rotatable bonds is 5. The van der Waals surface area contributed by atoms with Crippen LogP contribution in [0.15, 0.2) is 18.2 Å². The molecule has 1 aromatic rings. The third kappa shape index (κ3) is 4.53. The number of halogens is 1. The van der Waals surface area contributed by atoms with E-state index in [0.29, 0.717) is 13.2 Å². The second kappa shape index (κ2) is 6.35. The highest BCUT2D eigenvalue weighted by atomic mass is 19.1. The summed E-state index contributed by atoms with van der Waals surface area (Å²) in [5.41, 5.74) is 0.863. The molecule has 0 saturated carbocycles. The van der Waals surface area contributed by atoms with Crippen molar-refractivity contribution < 1.29 is 13.9 Å². The molecule has 1 aromatic carbocycles. The number of carbonyl (C=O) groups excluding carboxylic acids is 1. The molecule has 0 saturated heterocycles. The van der Waals surface area contributed by atoms with Crippen LogP contribution in [0.2, 0.25) is 0 Å². The standard InChI is InChI=1S/C13H18FNO2/c1-9(2)17-7-6-15-13(16)11-5-4-10(3)8-12(11)14/h4-5,8-9H,6-7H2,1-3H3,(H,15,16). The minimum Gasteiger partial charge on any atom is -0.377 e. The smallest absolute Gasteiger partial charge is 0.254 e. The molecule has 0 spiro atoms. The first-order valence-electron chi connectivity index (χ1n) is 5.66. The van der Waals surface area contributed by atoms with Gasteiger partial charge < -0.3 is 10.1 Å². The number of carbonyl (C=O) groups is 1. The molecule has 0 aromatic heterocycles. The van der Waals surface area contributed by atoms with Crippen molar-refractivity contribution in [1.82, 2.24) is 5.32 Å². The number of nitrogens with one attached hydrogen (secondary N) is 1. The number of amides is 1. The van der Waals surface area contributed by atoms with Gasteiger partial charge in [-0.15, -0.1) is 0 Å². The highest BCUT2D eigenvalue weighted by Crippen LogP contribution is 2.09. The van der Waals surface area contributed by atoms with Crippen LogP contribution in [-0.4, -0.2) is 25.2 Å². The van der Waals surface area contributed by atoms with E-state index in [0.717, 1.165) is 5.56 Å². The maximum Gasteiger partial charge on any atom is 0.254 e. The van der Waals surface area contributed by atoms with E-state index in [2.05, 4.69) is 5.32 Å². The van der Waals surface area contributed by atoms with Crippen LogP contribution in [0.1, 0.15) is 29.8 Å². The van der Waals surface area contributed by atoms with Gasteiger partial charge in [0.1, 0.15) is 5.82 Å². The number of aryl methyl sites for hydroxylation is 1. The van der Waals surface area contributed by atoms with Gasteiger partial charge in [-0.2, -0.15) is 0 Å². The van der Waals surface area contributed by atoms with Crippen LogP contribution >= 0.6 is 0 Å². The van der Waals surface area contributed by atoms with Gasteiger partial charge in [0.05, 0.1) is 18.3 Å². The molecular weight excluding hydrogens is 221 g/mol. The average molecular weight is 239 g/mol. The van der Waals surface area contributed by atoms with Crippen molar-refractivity contribution in [3.63, 3.8) is 0 Å². The van der Waals surface area contributed by atoms with E-state index in [4.69, 9.17) is 4.74 Å². The lowest BCUT2D eigenvalue weighted by molar-refractivity contribution is 0.0745. The Balaban J connectivity index is 2.47. The second-order valence-corrected chi connectivity index (χ2v) is 4.16. The fourth-order valence-corrected chi connectivity index (χ4v) is 1.36. The van der Waals surface area contributed by atoms with Gasteiger partial charge in [0.15, 0.2) is 0 Å². The van der Waals surface area contributed by atoms with Crippen LogP contribution in [0.4, 0.5) is 4.39 Å². The molecule has 0 aliphatic carbocycles. The van der Waals surface area contributed by atoms with Gasteiger partial charge in [0.2, 0.25) is 0 Å². The molecule has 1 amide bonds. The maximum atomic E-state index is 13.4. The fourth-order valence-electron chi connectivity index (χ4n) is 1.36. The normalized spacial score (nSPS) is 10.6. The highest BCUT2D eigenvalue weighted by Gasteiger charge is 2.10. The molecule has 4 heteroatoms. The molecule has 1 rings (SSSR count). The Hall–Kier alpha value is -1.42. The van der Waals surface area contributed by atoms with E-state index in [1.54, 1.807) is 13.0 Å². The SMILES string of the molecule is Cc1ccc(C(=O)NCCOC(C)C)c(F)c1. The van der Waals surface area contributed by atoms with Gasteiger partial charge in [-0.05, 0) is 38.5 Å². The van der Waals surface area contributed by atoms with Gasteiger partial charge in [-0.1, -0.05) is 6.07 Å². The third-order valence-corrected chi connectivity index (χ3v) is 2.21. The molecule has 94 valence electrons. The van der Waals surface area contributed by atoms with Gasteiger partial charge in [-0.3, -0.25) is 4.79 Å². The summed E-state index contributed by atoms with van der Waals surface area (Å²) < 4.78 is 18.7. The Kier molecular flexibility index (Phi) is 5.10. The third-order valence-electron chi connectivity index (χ3n) is 2.21. The van der Waals surface area contributed by atoms with E-state index < -0.39 is 11.7 Å². The van der Waals surface area contributed by atoms with Crippen molar-refractivity contribution in [3.8, 4) is 0 Å². The van der Waals surface area contributed by atoms with Crippen molar-refractivity contribution in [2.24, 2.45) is 0 Å². The Bertz CT molecular complexity index is 391. The quantitative estimate of drug-likeness (QED) is 0.801. The summed E-state index contributed by atoms with van der Waals surface area (Å²) in [4.78, 5) is 11.6. The summed E-state index contributed by atoms with van der Waals surface area (Å²) in [7, 11) is 0. The molecule has 0 bridgehead atoms. The second-order valence-electron chi connectivity index (χ2n) is 4.16. The molecular formula is C13H18FNO2. The molecule has 0 fully saturated rings. The summed E-state index contributed by atoms with van der Waals surface area (Å²) in [6.07, 6.45) is 0.128. The maximum absolute atomic E-state index is 13.4. The molecule has 0 radical (unpaired) electrons. The number of hydrogen-bond donors (Lipinski definition) is 1. The average Bonchev–Trinajstić information content (AvgIpc) is 2.23. The van der Waals surface area contributed by atoms with Gasteiger partial charge in [0.25, 0.3) is 5.91 Å². The topological polar surface area (TPSA) is 38.3 Å². The molecule has 0 aliphatic rings. The van der Waals surface area contributed by atoms with E-state index in [9.17, 15) is 9.18 Å². The Morgan fingerprint density at radius 3 is 2.76 bits per heavy atom. The van der Waals surface area contributed by atoms with Crippen LogP contribution in [0.5, 0.6) is 0 Å². The van der Waals surface area contributed by atoms with Crippen molar-refractivity contribution in [1.29, 1.82) is 0 Å². The molecule has 0 heterocycles. The molecule has 0 atom stereocenters. The van der Waals surface area contributed by atoms with Gasteiger partial charge >= 0.3 is 0 Å².